The second kappa shape index (κ2) is 5.70. The van der Waals surface area contributed by atoms with Gasteiger partial charge in [-0.1, -0.05) is 12.1 Å². The Labute approximate surface area is 118 Å². The van der Waals surface area contributed by atoms with E-state index in [2.05, 4.69) is 4.18 Å². The summed E-state index contributed by atoms with van der Waals surface area (Å²) in [4.78, 5) is 9.64. The van der Waals surface area contributed by atoms with E-state index in [0.717, 1.165) is 6.07 Å². The van der Waals surface area contributed by atoms with Gasteiger partial charge in [-0.25, -0.2) is 9.78 Å². The van der Waals surface area contributed by atoms with Gasteiger partial charge in [-0.2, -0.15) is 21.6 Å². The molecule has 0 aliphatic carbocycles. The van der Waals surface area contributed by atoms with E-state index in [1.54, 1.807) is 0 Å². The summed E-state index contributed by atoms with van der Waals surface area (Å²) < 4.78 is 68.3. The fourth-order valence-corrected chi connectivity index (χ4v) is 2.24. The smallest absolute Gasteiger partial charge is 0.492 e. The van der Waals surface area contributed by atoms with Crippen LogP contribution in [-0.4, -0.2) is 27.6 Å². The predicted octanol–water partition coefficient (Wildman–Crippen LogP) is 2.32. The largest absolute Gasteiger partial charge is 0.534 e. The van der Waals surface area contributed by atoms with Gasteiger partial charge in [-0.05, 0) is 6.07 Å². The second-order valence-electron chi connectivity index (χ2n) is 4.06. The van der Waals surface area contributed by atoms with Crippen LogP contribution in [0.3, 0.4) is 0 Å². The van der Waals surface area contributed by atoms with Gasteiger partial charge in [0.05, 0.1) is 13.7 Å². The highest BCUT2D eigenvalue weighted by molar-refractivity contribution is 7.88. The Morgan fingerprint density at radius 1 is 1.33 bits per heavy atom. The monoisotopic (exact) mass is 328 g/mol. The number of hydrogen-bond donors (Lipinski definition) is 0. The molecule has 0 aromatic heterocycles. The third kappa shape index (κ3) is 3.22. The van der Waals surface area contributed by atoms with Crippen molar-refractivity contribution in [1.29, 1.82) is 0 Å². The van der Waals surface area contributed by atoms with Crippen molar-refractivity contribution in [3.63, 3.8) is 0 Å². The Hall–Kier alpha value is -1.52. The second-order valence-corrected chi connectivity index (χ2v) is 5.60. The molecule has 1 aliphatic heterocycles. The van der Waals surface area contributed by atoms with Crippen LogP contribution in [0.15, 0.2) is 18.2 Å². The summed E-state index contributed by atoms with van der Waals surface area (Å²) in [7, 11) is -4.59. The van der Waals surface area contributed by atoms with Crippen molar-refractivity contribution in [2.75, 3.05) is 13.7 Å². The van der Waals surface area contributed by atoms with Crippen LogP contribution in [0.1, 0.15) is 18.1 Å². The van der Waals surface area contributed by atoms with E-state index < -0.39 is 27.5 Å². The molecule has 1 aliphatic rings. The van der Waals surface area contributed by atoms with Crippen LogP contribution >= 0.6 is 0 Å². The molecule has 1 aromatic rings. The molecular formula is C11H11F3O6S. The van der Waals surface area contributed by atoms with E-state index in [-0.39, 0.29) is 5.75 Å². The van der Waals surface area contributed by atoms with Crippen LogP contribution < -0.4 is 8.92 Å². The van der Waals surface area contributed by atoms with Crippen LogP contribution in [-0.2, 0) is 19.9 Å². The van der Waals surface area contributed by atoms with Crippen LogP contribution in [0.5, 0.6) is 11.5 Å². The minimum atomic E-state index is -5.78. The van der Waals surface area contributed by atoms with Crippen molar-refractivity contribution < 1.29 is 40.3 Å². The minimum Gasteiger partial charge on any atom is -0.492 e. The molecule has 10 heteroatoms. The topological polar surface area (TPSA) is 71.1 Å². The van der Waals surface area contributed by atoms with Gasteiger partial charge in [0, 0.05) is 12.0 Å². The predicted molar refractivity (Wildman–Crippen MR) is 63.0 cm³/mol. The molecule has 1 atom stereocenters. The van der Waals surface area contributed by atoms with Gasteiger partial charge in [-0.15, -0.1) is 0 Å². The van der Waals surface area contributed by atoms with Gasteiger partial charge in [0.15, 0.2) is 11.5 Å². The zero-order valence-electron chi connectivity index (χ0n) is 10.7. The summed E-state index contributed by atoms with van der Waals surface area (Å²) in [5, 5.41) is 0. The number of rotatable bonds is 4. The number of halogens is 3. The van der Waals surface area contributed by atoms with Crippen molar-refractivity contribution in [2.24, 2.45) is 0 Å². The quantitative estimate of drug-likeness (QED) is 0.480. The molecular weight excluding hydrogens is 317 g/mol. The summed E-state index contributed by atoms with van der Waals surface area (Å²) in [6.45, 7) is 0.305. The first-order valence-electron chi connectivity index (χ1n) is 5.72. The highest BCUT2D eigenvalue weighted by Crippen LogP contribution is 2.41. The fourth-order valence-electron chi connectivity index (χ4n) is 1.78. The average Bonchev–Trinajstić information content (AvgIpc) is 2.90. The maximum absolute atomic E-state index is 12.4. The normalized spacial score (nSPS) is 19.5. The van der Waals surface area contributed by atoms with Crippen molar-refractivity contribution in [1.82, 2.24) is 0 Å². The number of hydrogen-bond acceptors (Lipinski definition) is 6. The van der Waals surface area contributed by atoms with Crippen molar-refractivity contribution in [3.05, 3.63) is 23.8 Å². The van der Waals surface area contributed by atoms with Crippen molar-refractivity contribution in [3.8, 4) is 11.5 Å². The van der Waals surface area contributed by atoms with Crippen molar-refractivity contribution >= 4 is 10.1 Å². The van der Waals surface area contributed by atoms with E-state index in [9.17, 15) is 21.6 Å². The van der Waals surface area contributed by atoms with Gasteiger partial charge >= 0.3 is 15.6 Å². The third-order valence-corrected chi connectivity index (χ3v) is 3.66. The number of alkyl halides is 3. The number of methoxy groups -OCH3 is 1. The summed E-state index contributed by atoms with van der Waals surface area (Å²) in [5.74, 6) is -0.719. The van der Waals surface area contributed by atoms with E-state index in [4.69, 9.17) is 14.5 Å². The highest BCUT2D eigenvalue weighted by Gasteiger charge is 2.49. The Balaban J connectivity index is 2.38. The van der Waals surface area contributed by atoms with Crippen LogP contribution in [0.25, 0.3) is 0 Å². The molecule has 118 valence electrons. The van der Waals surface area contributed by atoms with E-state index in [1.807, 2.05) is 0 Å². The Kier molecular flexibility index (Phi) is 4.30. The summed E-state index contributed by atoms with van der Waals surface area (Å²) in [6.07, 6.45) is -0.122. The summed E-state index contributed by atoms with van der Waals surface area (Å²) in [6, 6.07) is 3.91. The number of benzene rings is 1. The van der Waals surface area contributed by atoms with Gasteiger partial charge in [0.1, 0.15) is 6.10 Å². The molecule has 0 bridgehead atoms. The van der Waals surface area contributed by atoms with Gasteiger partial charge < -0.3 is 8.92 Å². The van der Waals surface area contributed by atoms with Gasteiger partial charge in [0.25, 0.3) is 0 Å². The first-order valence-corrected chi connectivity index (χ1v) is 7.13. The lowest BCUT2D eigenvalue weighted by Gasteiger charge is -2.16. The lowest BCUT2D eigenvalue weighted by atomic mass is 10.1. The summed E-state index contributed by atoms with van der Waals surface area (Å²) in [5.41, 5.74) is -5.19. The van der Waals surface area contributed by atoms with Gasteiger partial charge in [0.2, 0.25) is 0 Å². The minimum absolute atomic E-state index is 0.152. The van der Waals surface area contributed by atoms with Crippen LogP contribution in [0, 0.1) is 0 Å². The average molecular weight is 328 g/mol. The lowest BCUT2D eigenvalue weighted by molar-refractivity contribution is -0.276. The van der Waals surface area contributed by atoms with Crippen LogP contribution in [0.2, 0.25) is 0 Å². The molecule has 1 aromatic carbocycles. The molecule has 2 rings (SSSR count). The van der Waals surface area contributed by atoms with E-state index in [0.29, 0.717) is 18.6 Å². The van der Waals surface area contributed by atoms with E-state index in [1.165, 1.54) is 19.2 Å². The zero-order valence-corrected chi connectivity index (χ0v) is 11.5. The highest BCUT2D eigenvalue weighted by atomic mass is 32.2. The SMILES string of the molecule is COc1c(OS(=O)(=O)C(F)(F)F)cccc1C1CCOO1. The molecule has 1 saturated heterocycles. The number of ether oxygens (including phenoxy) is 1. The van der Waals surface area contributed by atoms with Crippen molar-refractivity contribution in [2.45, 2.75) is 18.0 Å². The molecule has 0 amide bonds. The van der Waals surface area contributed by atoms with Crippen LogP contribution in [0.4, 0.5) is 13.2 Å². The third-order valence-electron chi connectivity index (χ3n) is 2.69. The molecule has 1 heterocycles. The van der Waals surface area contributed by atoms with E-state index >= 15 is 0 Å². The molecule has 0 spiro atoms. The van der Waals surface area contributed by atoms with Gasteiger partial charge in [-0.3, -0.25) is 0 Å². The summed E-state index contributed by atoms with van der Waals surface area (Å²) >= 11 is 0. The first kappa shape index (κ1) is 15.9. The number of para-hydroxylation sites is 1. The lowest BCUT2D eigenvalue weighted by Crippen LogP contribution is -2.28. The molecule has 0 radical (unpaired) electrons. The molecule has 0 saturated carbocycles. The molecule has 0 N–H and O–H groups in total. The first-order chi connectivity index (χ1) is 9.76. The molecule has 1 unspecified atom stereocenters. The Morgan fingerprint density at radius 2 is 2.05 bits per heavy atom. The maximum Gasteiger partial charge on any atom is 0.534 e. The molecule has 6 nitrogen and oxygen atoms in total. The fraction of sp³-hybridized carbons (Fsp3) is 0.455. The zero-order chi connectivity index (χ0) is 15.7. The molecule has 21 heavy (non-hydrogen) atoms. The Bertz CT molecular complexity index is 607. The standard InChI is InChI=1S/C11H11F3O6S/c1-17-10-7(8-5-6-18-19-8)3-2-4-9(10)20-21(15,16)11(12,13)14/h2-4,8H,5-6H2,1H3. The maximum atomic E-state index is 12.4. The Morgan fingerprint density at radius 3 is 2.57 bits per heavy atom. The molecule has 1 fully saturated rings.